The van der Waals surface area contributed by atoms with Gasteiger partial charge in [-0.25, -0.2) is 4.79 Å². The molecule has 0 aromatic heterocycles. The fourth-order valence-corrected chi connectivity index (χ4v) is 1.26. The highest BCUT2D eigenvalue weighted by Gasteiger charge is 2.01. The Morgan fingerprint density at radius 2 is 2.00 bits per heavy atom. The van der Waals surface area contributed by atoms with Crippen LogP contribution in [0.3, 0.4) is 0 Å². The summed E-state index contributed by atoms with van der Waals surface area (Å²) in [7, 11) is 0. The molecule has 0 amide bonds. The maximum Gasteiger partial charge on any atom is 0.331 e. The Kier molecular flexibility index (Phi) is 5.06. The Morgan fingerprint density at radius 3 is 2.62 bits per heavy atom. The van der Waals surface area contributed by atoms with Crippen LogP contribution in [0.25, 0.3) is 6.08 Å². The van der Waals surface area contributed by atoms with Gasteiger partial charge in [-0.05, 0) is 31.6 Å². The number of hydrogen-bond donors (Lipinski definition) is 0. The largest absolute Gasteiger partial charge is 0.455 e. The van der Waals surface area contributed by atoms with E-state index in [0.717, 1.165) is 5.56 Å². The van der Waals surface area contributed by atoms with Gasteiger partial charge in [-0.2, -0.15) is 0 Å². The first-order valence-electron chi connectivity index (χ1n) is 5.29. The van der Waals surface area contributed by atoms with E-state index in [0.29, 0.717) is 0 Å². The molecule has 0 aliphatic rings. The highest BCUT2D eigenvalue weighted by molar-refractivity contribution is 5.87. The molecule has 0 fully saturated rings. The third-order valence-corrected chi connectivity index (χ3v) is 1.98. The standard InChI is InChI=1S/C14H16O2/c1-3-7-12(2)16-14(15)11-10-13-8-5-4-6-9-13/h3-12H,1-2H3/b7-3+,11-10+. The van der Waals surface area contributed by atoms with Crippen LogP contribution < -0.4 is 0 Å². The van der Waals surface area contributed by atoms with E-state index in [9.17, 15) is 4.79 Å². The molecule has 0 heterocycles. The van der Waals surface area contributed by atoms with E-state index in [2.05, 4.69) is 0 Å². The fourth-order valence-electron chi connectivity index (χ4n) is 1.26. The van der Waals surface area contributed by atoms with Gasteiger partial charge >= 0.3 is 5.97 Å². The molecule has 0 aliphatic carbocycles. The minimum absolute atomic E-state index is 0.182. The molecule has 1 aromatic rings. The van der Waals surface area contributed by atoms with E-state index in [1.165, 1.54) is 6.08 Å². The lowest BCUT2D eigenvalue weighted by atomic mass is 10.2. The van der Waals surface area contributed by atoms with Crippen LogP contribution in [0.4, 0.5) is 0 Å². The van der Waals surface area contributed by atoms with E-state index in [1.54, 1.807) is 6.08 Å². The Hall–Kier alpha value is -1.83. The average molecular weight is 216 g/mol. The van der Waals surface area contributed by atoms with Gasteiger partial charge in [0.15, 0.2) is 0 Å². The summed E-state index contributed by atoms with van der Waals surface area (Å²) in [5.41, 5.74) is 0.984. The Bertz CT molecular complexity index is 377. The second kappa shape index (κ2) is 6.62. The zero-order valence-electron chi connectivity index (χ0n) is 9.59. The van der Waals surface area contributed by atoms with E-state index in [4.69, 9.17) is 4.74 Å². The van der Waals surface area contributed by atoms with Crippen molar-refractivity contribution in [3.8, 4) is 0 Å². The van der Waals surface area contributed by atoms with Crippen molar-refractivity contribution < 1.29 is 9.53 Å². The molecule has 0 radical (unpaired) electrons. The van der Waals surface area contributed by atoms with Gasteiger partial charge in [0, 0.05) is 6.08 Å². The summed E-state index contributed by atoms with van der Waals surface area (Å²) in [5, 5.41) is 0. The molecule has 1 atom stereocenters. The van der Waals surface area contributed by atoms with Gasteiger partial charge < -0.3 is 4.74 Å². The minimum atomic E-state index is -0.325. The van der Waals surface area contributed by atoms with E-state index in [-0.39, 0.29) is 12.1 Å². The van der Waals surface area contributed by atoms with E-state index < -0.39 is 0 Å². The zero-order valence-corrected chi connectivity index (χ0v) is 9.59. The number of rotatable bonds is 4. The summed E-state index contributed by atoms with van der Waals surface area (Å²) in [4.78, 5) is 11.4. The van der Waals surface area contributed by atoms with Crippen LogP contribution in [-0.2, 0) is 9.53 Å². The Morgan fingerprint density at radius 1 is 1.31 bits per heavy atom. The highest BCUT2D eigenvalue weighted by atomic mass is 16.5. The summed E-state index contributed by atoms with van der Waals surface area (Å²) in [6, 6.07) is 9.64. The van der Waals surface area contributed by atoms with Crippen LogP contribution in [0.15, 0.2) is 48.6 Å². The first-order valence-corrected chi connectivity index (χ1v) is 5.29. The van der Waals surface area contributed by atoms with Crippen molar-refractivity contribution in [2.75, 3.05) is 0 Å². The van der Waals surface area contributed by atoms with Crippen molar-refractivity contribution in [1.29, 1.82) is 0 Å². The van der Waals surface area contributed by atoms with Crippen molar-refractivity contribution in [1.82, 2.24) is 0 Å². The highest BCUT2D eigenvalue weighted by Crippen LogP contribution is 2.02. The first-order chi connectivity index (χ1) is 7.72. The molecule has 1 rings (SSSR count). The summed E-state index contributed by atoms with van der Waals surface area (Å²) < 4.78 is 5.10. The topological polar surface area (TPSA) is 26.3 Å². The number of hydrogen-bond acceptors (Lipinski definition) is 2. The normalized spacial score (nSPS) is 13.1. The van der Waals surface area contributed by atoms with Gasteiger partial charge in [0.25, 0.3) is 0 Å². The van der Waals surface area contributed by atoms with Crippen molar-refractivity contribution in [3.63, 3.8) is 0 Å². The molecule has 0 aliphatic heterocycles. The number of carbonyl (C=O) groups excluding carboxylic acids is 1. The van der Waals surface area contributed by atoms with Gasteiger partial charge in [-0.1, -0.05) is 36.4 Å². The monoisotopic (exact) mass is 216 g/mol. The van der Waals surface area contributed by atoms with E-state index >= 15 is 0 Å². The number of allylic oxidation sites excluding steroid dienone is 1. The molecule has 2 nitrogen and oxygen atoms in total. The third-order valence-electron chi connectivity index (χ3n) is 1.98. The van der Waals surface area contributed by atoms with Crippen molar-refractivity contribution in [3.05, 3.63) is 54.1 Å². The maximum absolute atomic E-state index is 11.4. The second-order valence-corrected chi connectivity index (χ2v) is 3.41. The molecule has 0 spiro atoms. The molecule has 2 heteroatoms. The van der Waals surface area contributed by atoms with Crippen LogP contribution >= 0.6 is 0 Å². The molecule has 84 valence electrons. The number of ether oxygens (including phenoxy) is 1. The zero-order chi connectivity index (χ0) is 11.8. The van der Waals surface area contributed by atoms with Crippen molar-refractivity contribution in [2.24, 2.45) is 0 Å². The predicted octanol–water partition coefficient (Wildman–Crippen LogP) is 3.21. The number of esters is 1. The molecule has 1 unspecified atom stereocenters. The lowest BCUT2D eigenvalue weighted by Crippen LogP contribution is -2.09. The first kappa shape index (κ1) is 12.2. The summed E-state index contributed by atoms with van der Waals surface area (Å²) in [5.74, 6) is -0.325. The van der Waals surface area contributed by atoms with E-state index in [1.807, 2.05) is 56.3 Å². The van der Waals surface area contributed by atoms with Crippen LogP contribution in [0, 0.1) is 0 Å². The summed E-state index contributed by atoms with van der Waals surface area (Å²) >= 11 is 0. The van der Waals surface area contributed by atoms with Crippen LogP contribution in [0.1, 0.15) is 19.4 Å². The quantitative estimate of drug-likeness (QED) is 0.439. The van der Waals surface area contributed by atoms with Crippen LogP contribution in [-0.4, -0.2) is 12.1 Å². The molecule has 0 saturated carbocycles. The Labute approximate surface area is 96.2 Å². The minimum Gasteiger partial charge on any atom is -0.455 e. The molecular weight excluding hydrogens is 200 g/mol. The molecule has 16 heavy (non-hydrogen) atoms. The molecule has 0 bridgehead atoms. The van der Waals surface area contributed by atoms with Gasteiger partial charge in [-0.3, -0.25) is 0 Å². The van der Waals surface area contributed by atoms with Crippen LogP contribution in [0.5, 0.6) is 0 Å². The molecule has 0 N–H and O–H groups in total. The molecular formula is C14H16O2. The van der Waals surface area contributed by atoms with Crippen molar-refractivity contribution >= 4 is 12.0 Å². The Balaban J connectivity index is 2.49. The lowest BCUT2D eigenvalue weighted by molar-refractivity contribution is -0.140. The van der Waals surface area contributed by atoms with Crippen molar-refractivity contribution in [2.45, 2.75) is 20.0 Å². The van der Waals surface area contributed by atoms with Gasteiger partial charge in [-0.15, -0.1) is 0 Å². The van der Waals surface area contributed by atoms with Gasteiger partial charge in [0.1, 0.15) is 6.10 Å². The molecule has 1 aromatic carbocycles. The summed E-state index contributed by atoms with van der Waals surface area (Å²) in [6.07, 6.45) is 6.69. The third kappa shape index (κ3) is 4.60. The van der Waals surface area contributed by atoms with Crippen LogP contribution in [0.2, 0.25) is 0 Å². The lowest BCUT2D eigenvalue weighted by Gasteiger charge is -2.05. The summed E-state index contributed by atoms with van der Waals surface area (Å²) in [6.45, 7) is 3.72. The average Bonchev–Trinajstić information content (AvgIpc) is 2.28. The number of benzene rings is 1. The SMILES string of the molecule is C/C=C/C(C)OC(=O)/C=C/c1ccccc1. The predicted molar refractivity (Wildman–Crippen MR) is 65.8 cm³/mol. The fraction of sp³-hybridized carbons (Fsp3) is 0.214. The molecule has 0 saturated heterocycles. The number of carbonyl (C=O) groups is 1. The van der Waals surface area contributed by atoms with Gasteiger partial charge in [0.05, 0.1) is 0 Å². The van der Waals surface area contributed by atoms with Gasteiger partial charge in [0.2, 0.25) is 0 Å². The second-order valence-electron chi connectivity index (χ2n) is 3.41. The maximum atomic E-state index is 11.4. The smallest absolute Gasteiger partial charge is 0.331 e.